The first-order valence-electron chi connectivity index (χ1n) is 18.5. The molecule has 0 amide bonds. The van der Waals surface area contributed by atoms with Crippen molar-refractivity contribution in [1.82, 2.24) is 19.4 Å². The quantitative estimate of drug-likeness (QED) is 0.0742. The van der Waals surface area contributed by atoms with Crippen LogP contribution in [0.3, 0.4) is 0 Å². The lowest BCUT2D eigenvalue weighted by Crippen LogP contribution is -2.34. The Kier molecular flexibility index (Phi) is 13.3. The lowest BCUT2D eigenvalue weighted by atomic mass is 9.72. The summed E-state index contributed by atoms with van der Waals surface area (Å²) in [6.45, 7) is 20.0. The molecule has 0 bridgehead atoms. The maximum Gasteiger partial charge on any atom is 0.217 e. The lowest BCUT2D eigenvalue weighted by Gasteiger charge is -2.33. The molecule has 0 aromatic carbocycles. The van der Waals surface area contributed by atoms with Crippen LogP contribution in [0.25, 0.3) is 0 Å². The minimum absolute atomic E-state index is 0.0679. The summed E-state index contributed by atoms with van der Waals surface area (Å²) in [6.07, 6.45) is 13.9. The third-order valence-electron chi connectivity index (χ3n) is 10.3. The Hall–Kier alpha value is -4.62. The van der Waals surface area contributed by atoms with Gasteiger partial charge in [-0.3, -0.25) is 20.4 Å². The van der Waals surface area contributed by atoms with Gasteiger partial charge in [-0.2, -0.15) is 5.26 Å². The average molecular weight is 709 g/mol. The molecule has 0 radical (unpaired) electrons. The van der Waals surface area contributed by atoms with Gasteiger partial charge in [-0.25, -0.2) is 9.37 Å². The van der Waals surface area contributed by atoms with Crippen LogP contribution in [-0.4, -0.2) is 56.7 Å². The zero-order valence-electron chi connectivity index (χ0n) is 32.2. The number of aromatic nitrogens is 3. The zero-order valence-corrected chi connectivity index (χ0v) is 32.2. The van der Waals surface area contributed by atoms with Crippen LogP contribution < -0.4 is 16.0 Å². The molecule has 3 aliphatic rings. The summed E-state index contributed by atoms with van der Waals surface area (Å²) in [6, 6.07) is 10.1. The van der Waals surface area contributed by atoms with E-state index in [1.165, 1.54) is 47.2 Å². The number of alkyl halides is 1. The van der Waals surface area contributed by atoms with Crippen molar-refractivity contribution >= 4 is 5.84 Å². The summed E-state index contributed by atoms with van der Waals surface area (Å²) >= 11 is 0. The van der Waals surface area contributed by atoms with Gasteiger partial charge in [0.2, 0.25) is 5.88 Å². The fourth-order valence-corrected chi connectivity index (χ4v) is 6.53. The SMILES string of the molecule is C=CC(C)(C)C(c1ccc2c(n1)C2)c1ccn(C(=N)C(C)F)c(=N)c1C.CC#N.CCc1cc(C)c(CCCN2C=CCC2)nc1OC1(CN)CC1. The molecule has 52 heavy (non-hydrogen) atoms. The summed E-state index contributed by atoms with van der Waals surface area (Å²) in [5.41, 5.74) is 14.3. The van der Waals surface area contributed by atoms with E-state index in [1.807, 2.05) is 19.1 Å². The maximum atomic E-state index is 13.6. The molecular weight excluding hydrogens is 652 g/mol. The molecule has 2 aliphatic carbocycles. The molecular formula is C42H57FN8O. The number of hydrogen-bond donors (Lipinski definition) is 3. The molecule has 9 nitrogen and oxygen atoms in total. The van der Waals surface area contributed by atoms with Crippen molar-refractivity contribution in [3.63, 3.8) is 0 Å². The summed E-state index contributed by atoms with van der Waals surface area (Å²) in [5, 5.41) is 23.7. The third kappa shape index (κ3) is 9.62. The number of aryl methyl sites for hydroxylation is 3. The molecule has 4 N–H and O–H groups in total. The van der Waals surface area contributed by atoms with Crippen molar-refractivity contribution in [3.05, 3.63) is 106 Å². The molecule has 2 unspecified atom stereocenters. The largest absolute Gasteiger partial charge is 0.469 e. The standard InChI is InChI=1S/C21H25FN4.C19H29N3O.C2H3N/c1-6-21(4,5)18(16-8-7-14-11-17(14)25-16)15-9-10-26(19(23)12(15)2)20(24)13(3)22;1-3-16-13-15(2)17(7-6-12-22-10-4-5-11-22)21-18(16)23-19(14-20)8-9-19;1-2-3/h6-10,13,18,23-24H,1,11H2,2-5H3;4,10,13H,3,5-9,11-12,14,20H2,1-2H3;1H3. The molecule has 1 saturated carbocycles. The lowest BCUT2D eigenvalue weighted by molar-refractivity contribution is 0.177. The van der Waals surface area contributed by atoms with Gasteiger partial charge in [0, 0.05) is 67.7 Å². The number of hydrogen-bond acceptors (Lipinski definition) is 8. The molecule has 4 heterocycles. The van der Waals surface area contributed by atoms with Crippen LogP contribution in [0.5, 0.6) is 5.88 Å². The van der Waals surface area contributed by atoms with Crippen LogP contribution in [0.4, 0.5) is 4.39 Å². The molecule has 2 atom stereocenters. The Bertz CT molecular complexity index is 1880. The van der Waals surface area contributed by atoms with Crippen LogP contribution in [0.15, 0.2) is 55.4 Å². The van der Waals surface area contributed by atoms with Gasteiger partial charge in [-0.15, -0.1) is 6.58 Å². The predicted octanol–water partition coefficient (Wildman–Crippen LogP) is 7.61. The van der Waals surface area contributed by atoms with Gasteiger partial charge >= 0.3 is 0 Å². The molecule has 10 heteroatoms. The van der Waals surface area contributed by atoms with Crippen LogP contribution in [0.2, 0.25) is 0 Å². The molecule has 3 aromatic rings. The van der Waals surface area contributed by atoms with Gasteiger partial charge in [0.15, 0.2) is 6.17 Å². The first-order chi connectivity index (χ1) is 24.7. The first-order valence-corrected chi connectivity index (χ1v) is 18.5. The molecule has 0 saturated heterocycles. The van der Waals surface area contributed by atoms with Crippen LogP contribution in [0.1, 0.15) is 111 Å². The minimum atomic E-state index is -1.43. The summed E-state index contributed by atoms with van der Waals surface area (Å²) < 4.78 is 21.1. The number of nitrogens with two attached hydrogens (primary N) is 1. The first kappa shape index (κ1) is 40.2. The molecule has 0 spiro atoms. The number of pyridine rings is 3. The second-order valence-corrected chi connectivity index (χ2v) is 14.7. The van der Waals surface area contributed by atoms with Gasteiger partial charge in [0.05, 0.1) is 6.07 Å². The van der Waals surface area contributed by atoms with Gasteiger partial charge < -0.3 is 15.4 Å². The Labute approximate surface area is 309 Å². The highest BCUT2D eigenvalue weighted by Crippen LogP contribution is 2.43. The molecule has 3 aromatic heterocycles. The molecule has 278 valence electrons. The number of nitriles is 1. The van der Waals surface area contributed by atoms with E-state index < -0.39 is 6.17 Å². The number of nitrogens with one attached hydrogen (secondary N) is 2. The minimum Gasteiger partial charge on any atom is -0.469 e. The fourth-order valence-electron chi connectivity index (χ4n) is 6.53. The van der Waals surface area contributed by atoms with E-state index in [4.69, 9.17) is 36.5 Å². The summed E-state index contributed by atoms with van der Waals surface area (Å²) in [5.74, 6) is 0.519. The predicted molar refractivity (Wildman–Crippen MR) is 207 cm³/mol. The van der Waals surface area contributed by atoms with E-state index >= 15 is 0 Å². The van der Waals surface area contributed by atoms with Gasteiger partial charge in [0.25, 0.3) is 0 Å². The molecule has 6 rings (SSSR count). The normalized spacial score (nSPS) is 15.9. The smallest absolute Gasteiger partial charge is 0.217 e. The van der Waals surface area contributed by atoms with Gasteiger partial charge in [0.1, 0.15) is 16.9 Å². The maximum absolute atomic E-state index is 13.6. The number of halogens is 1. The summed E-state index contributed by atoms with van der Waals surface area (Å²) in [4.78, 5) is 12.1. The van der Waals surface area contributed by atoms with Crippen molar-refractivity contribution in [2.75, 3.05) is 19.6 Å². The third-order valence-corrected chi connectivity index (χ3v) is 10.3. The number of allylic oxidation sites excluding steroid dienone is 1. The van der Waals surface area contributed by atoms with E-state index in [-0.39, 0.29) is 28.3 Å². The van der Waals surface area contributed by atoms with Crippen molar-refractivity contribution in [2.45, 2.75) is 111 Å². The van der Waals surface area contributed by atoms with Crippen LogP contribution >= 0.6 is 0 Å². The fraction of sp³-hybridized carbons (Fsp3) is 0.500. The van der Waals surface area contributed by atoms with Crippen LogP contribution in [-0.2, 0) is 19.3 Å². The van der Waals surface area contributed by atoms with Crippen LogP contribution in [0, 0.1) is 41.4 Å². The van der Waals surface area contributed by atoms with Gasteiger partial charge in [-0.05, 0) is 111 Å². The van der Waals surface area contributed by atoms with E-state index in [1.54, 1.807) is 12.3 Å². The Morgan fingerprint density at radius 1 is 1.25 bits per heavy atom. The molecule has 1 aliphatic heterocycles. The van der Waals surface area contributed by atoms with Crippen molar-refractivity contribution in [2.24, 2.45) is 11.1 Å². The molecule has 1 fully saturated rings. The highest BCUT2D eigenvalue weighted by atomic mass is 19.1. The zero-order chi connectivity index (χ0) is 38.2. The Morgan fingerprint density at radius 3 is 2.52 bits per heavy atom. The Balaban J connectivity index is 0.000000218. The number of nitrogens with zero attached hydrogens (tertiary/aromatic N) is 5. The number of ether oxygens (including phenoxy) is 1. The second-order valence-electron chi connectivity index (χ2n) is 14.7. The monoisotopic (exact) mass is 708 g/mol. The van der Waals surface area contributed by atoms with Crippen molar-refractivity contribution < 1.29 is 9.13 Å². The highest BCUT2D eigenvalue weighted by Gasteiger charge is 2.45. The second kappa shape index (κ2) is 17.3. The highest BCUT2D eigenvalue weighted by molar-refractivity contribution is 5.85. The van der Waals surface area contributed by atoms with Crippen molar-refractivity contribution in [1.29, 1.82) is 16.1 Å². The topological polar surface area (TPSA) is 141 Å². The van der Waals surface area contributed by atoms with E-state index in [9.17, 15) is 4.39 Å². The average Bonchev–Trinajstić information content (AvgIpc) is 4.03. The number of fused-ring (bicyclic) bond motifs is 1. The van der Waals surface area contributed by atoms with E-state index in [2.05, 4.69) is 69.6 Å². The number of rotatable bonds is 13. The van der Waals surface area contributed by atoms with Gasteiger partial charge in [-0.1, -0.05) is 39.0 Å². The van der Waals surface area contributed by atoms with E-state index in [0.717, 1.165) is 80.0 Å². The Morgan fingerprint density at radius 2 is 1.96 bits per heavy atom. The van der Waals surface area contributed by atoms with E-state index in [0.29, 0.717) is 6.54 Å². The summed E-state index contributed by atoms with van der Waals surface area (Å²) in [7, 11) is 0. The van der Waals surface area contributed by atoms with Crippen molar-refractivity contribution in [3.8, 4) is 11.9 Å².